The fourth-order valence-electron chi connectivity index (χ4n) is 2.17. The van der Waals surface area contributed by atoms with E-state index in [1.807, 2.05) is 24.4 Å². The van der Waals surface area contributed by atoms with Gasteiger partial charge in [-0.25, -0.2) is 4.98 Å². The van der Waals surface area contributed by atoms with Gasteiger partial charge in [0, 0.05) is 21.0 Å². The average Bonchev–Trinajstić information content (AvgIpc) is 2.94. The number of rotatable bonds is 3. The zero-order chi connectivity index (χ0) is 16.4. The highest BCUT2D eigenvalue weighted by Gasteiger charge is 2.11. The number of aryl methyl sites for hydroxylation is 1. The molecule has 23 heavy (non-hydrogen) atoms. The number of aromatic nitrogens is 1. The maximum Gasteiger partial charge on any atom is 0.256 e. The van der Waals surface area contributed by atoms with Crippen molar-refractivity contribution >= 4 is 40.5 Å². The number of carbonyl (C=O) groups excluding carboxylic acids is 1. The molecule has 0 fully saturated rings. The molecule has 1 aromatic carbocycles. The summed E-state index contributed by atoms with van der Waals surface area (Å²) in [6, 6.07) is 12.3. The van der Waals surface area contributed by atoms with Crippen molar-refractivity contribution in [2.75, 3.05) is 11.1 Å². The van der Waals surface area contributed by atoms with Crippen molar-refractivity contribution in [1.29, 1.82) is 0 Å². The van der Waals surface area contributed by atoms with Gasteiger partial charge in [0.05, 0.1) is 0 Å². The normalized spacial score (nSPS) is 10.5. The largest absolute Gasteiger partial charge is 0.383 e. The molecule has 1 amide bonds. The zero-order valence-electron chi connectivity index (χ0n) is 12.3. The Bertz CT molecular complexity index is 859. The van der Waals surface area contributed by atoms with Gasteiger partial charge in [-0.3, -0.25) is 4.79 Å². The van der Waals surface area contributed by atoms with Crippen LogP contribution in [0.2, 0.25) is 5.02 Å². The quantitative estimate of drug-likeness (QED) is 0.729. The van der Waals surface area contributed by atoms with Crippen LogP contribution in [0.5, 0.6) is 0 Å². The molecule has 116 valence electrons. The lowest BCUT2D eigenvalue weighted by atomic mass is 10.1. The Morgan fingerprint density at radius 2 is 1.91 bits per heavy atom. The summed E-state index contributed by atoms with van der Waals surface area (Å²) in [6.45, 7) is 2.03. The number of nitrogen functional groups attached to an aromatic ring is 1. The maximum atomic E-state index is 12.2. The van der Waals surface area contributed by atoms with Crippen molar-refractivity contribution < 1.29 is 4.79 Å². The summed E-state index contributed by atoms with van der Waals surface area (Å²) in [5.74, 6) is 0.554. The van der Waals surface area contributed by atoms with Crippen LogP contribution >= 0.6 is 22.9 Å². The summed E-state index contributed by atoms with van der Waals surface area (Å²) in [4.78, 5) is 17.5. The number of pyridine rings is 1. The monoisotopic (exact) mass is 343 g/mol. The predicted octanol–water partition coefficient (Wildman–Crippen LogP) is 4.61. The summed E-state index contributed by atoms with van der Waals surface area (Å²) in [5, 5.41) is 5.33. The van der Waals surface area contributed by atoms with Crippen LogP contribution in [0.3, 0.4) is 0 Å². The number of amides is 1. The summed E-state index contributed by atoms with van der Waals surface area (Å²) >= 11 is 7.43. The van der Waals surface area contributed by atoms with E-state index in [-0.39, 0.29) is 5.91 Å². The van der Waals surface area contributed by atoms with E-state index in [4.69, 9.17) is 17.3 Å². The minimum atomic E-state index is -0.256. The van der Waals surface area contributed by atoms with E-state index < -0.39 is 0 Å². The molecule has 0 saturated carbocycles. The summed E-state index contributed by atoms with van der Waals surface area (Å²) < 4.78 is 0. The molecule has 2 heterocycles. The molecular formula is C17H14ClN3OS. The molecule has 4 nitrogen and oxygen atoms in total. The van der Waals surface area contributed by atoms with Crippen LogP contribution in [-0.4, -0.2) is 10.9 Å². The number of hydrogen-bond acceptors (Lipinski definition) is 4. The van der Waals surface area contributed by atoms with Gasteiger partial charge in [0.25, 0.3) is 5.91 Å². The number of nitrogens with zero attached hydrogens (tertiary/aromatic N) is 1. The highest BCUT2D eigenvalue weighted by Crippen LogP contribution is 2.33. The van der Waals surface area contributed by atoms with Crippen molar-refractivity contribution in [3.63, 3.8) is 0 Å². The second kappa shape index (κ2) is 6.40. The molecular weight excluding hydrogens is 330 g/mol. The number of benzene rings is 1. The topological polar surface area (TPSA) is 68.0 Å². The zero-order valence-corrected chi connectivity index (χ0v) is 13.9. The minimum Gasteiger partial charge on any atom is -0.383 e. The number of thiophene rings is 1. The van der Waals surface area contributed by atoms with Gasteiger partial charge in [0.15, 0.2) is 0 Å². The Hall–Kier alpha value is -2.37. The van der Waals surface area contributed by atoms with Gasteiger partial charge in [-0.2, -0.15) is 0 Å². The Labute approximate surface area is 142 Å². The third kappa shape index (κ3) is 3.36. The third-order valence-corrected chi connectivity index (χ3v) is 4.68. The Morgan fingerprint density at radius 3 is 2.52 bits per heavy atom. The first-order valence-electron chi connectivity index (χ1n) is 6.92. The summed E-state index contributed by atoms with van der Waals surface area (Å²) in [6.07, 6.45) is 0. The van der Waals surface area contributed by atoms with Crippen LogP contribution in [0, 0.1) is 6.92 Å². The van der Waals surface area contributed by atoms with Gasteiger partial charge in [-0.1, -0.05) is 11.6 Å². The first-order chi connectivity index (χ1) is 11.0. The molecule has 6 heteroatoms. The first-order valence-corrected chi connectivity index (χ1v) is 8.18. The van der Waals surface area contributed by atoms with Crippen LogP contribution in [0.15, 0.2) is 47.8 Å². The molecule has 0 spiro atoms. The molecule has 3 aromatic rings. The smallest absolute Gasteiger partial charge is 0.256 e. The molecule has 0 atom stereocenters. The summed E-state index contributed by atoms with van der Waals surface area (Å²) in [7, 11) is 0. The van der Waals surface area contributed by atoms with Gasteiger partial charge in [0.1, 0.15) is 11.6 Å². The number of nitrogens with one attached hydrogen (secondary N) is 1. The summed E-state index contributed by atoms with van der Waals surface area (Å²) in [5.41, 5.74) is 8.58. The average molecular weight is 344 g/mol. The maximum absolute atomic E-state index is 12.2. The van der Waals surface area contributed by atoms with Crippen LogP contribution < -0.4 is 11.1 Å². The molecule has 2 aromatic heterocycles. The van der Waals surface area contributed by atoms with E-state index in [0.717, 1.165) is 16.0 Å². The number of carbonyl (C=O) groups is 1. The van der Waals surface area contributed by atoms with E-state index in [1.54, 1.807) is 41.7 Å². The van der Waals surface area contributed by atoms with Crippen LogP contribution in [-0.2, 0) is 0 Å². The van der Waals surface area contributed by atoms with Gasteiger partial charge < -0.3 is 11.1 Å². The molecule has 0 unspecified atom stereocenters. The fraction of sp³-hybridized carbons (Fsp3) is 0.0588. The van der Waals surface area contributed by atoms with Crippen molar-refractivity contribution in [2.24, 2.45) is 0 Å². The lowest BCUT2D eigenvalue weighted by Crippen LogP contribution is -2.13. The molecule has 0 aliphatic carbocycles. The lowest BCUT2D eigenvalue weighted by Gasteiger charge is -2.08. The Morgan fingerprint density at radius 1 is 1.17 bits per heavy atom. The van der Waals surface area contributed by atoms with E-state index >= 15 is 0 Å². The number of halogens is 1. The molecule has 0 saturated heterocycles. The molecule has 3 rings (SSSR count). The van der Waals surface area contributed by atoms with E-state index in [9.17, 15) is 4.79 Å². The van der Waals surface area contributed by atoms with Crippen LogP contribution in [0.4, 0.5) is 11.6 Å². The molecule has 0 aliphatic rings. The SMILES string of the molecule is Cc1ccsc1-c1ccc(NC(=O)c2ccc(Cl)cc2)nc1N. The van der Waals surface area contributed by atoms with Gasteiger partial charge in [-0.05, 0) is 60.3 Å². The fourth-order valence-corrected chi connectivity index (χ4v) is 3.26. The lowest BCUT2D eigenvalue weighted by molar-refractivity contribution is 0.102. The van der Waals surface area contributed by atoms with Crippen LogP contribution in [0.25, 0.3) is 10.4 Å². The Balaban J connectivity index is 1.82. The third-order valence-electron chi connectivity index (χ3n) is 3.38. The van der Waals surface area contributed by atoms with Crippen molar-refractivity contribution in [3.8, 4) is 10.4 Å². The first kappa shape index (κ1) is 15.5. The molecule has 0 aliphatic heterocycles. The van der Waals surface area contributed by atoms with E-state index in [0.29, 0.717) is 22.2 Å². The highest BCUT2D eigenvalue weighted by atomic mass is 35.5. The Kier molecular flexibility index (Phi) is 4.32. The van der Waals surface area contributed by atoms with E-state index in [1.165, 1.54) is 0 Å². The molecule has 3 N–H and O–H groups in total. The second-order valence-corrected chi connectivity index (χ2v) is 6.38. The van der Waals surface area contributed by atoms with Gasteiger partial charge in [-0.15, -0.1) is 11.3 Å². The molecule has 0 radical (unpaired) electrons. The van der Waals surface area contributed by atoms with Gasteiger partial charge in [0.2, 0.25) is 0 Å². The van der Waals surface area contributed by atoms with Crippen LogP contribution in [0.1, 0.15) is 15.9 Å². The van der Waals surface area contributed by atoms with Gasteiger partial charge >= 0.3 is 0 Å². The highest BCUT2D eigenvalue weighted by molar-refractivity contribution is 7.13. The molecule has 0 bridgehead atoms. The number of nitrogens with two attached hydrogens (primary N) is 1. The minimum absolute atomic E-state index is 0.256. The number of hydrogen-bond donors (Lipinski definition) is 2. The number of anilines is 2. The second-order valence-electron chi connectivity index (χ2n) is 5.02. The predicted molar refractivity (Wildman–Crippen MR) is 96.1 cm³/mol. The standard InChI is InChI=1S/C17H14ClN3OS/c1-10-8-9-23-15(10)13-6-7-14(20-16(13)19)21-17(22)11-2-4-12(18)5-3-11/h2-9H,1H3,(H3,19,20,21,22). The van der Waals surface area contributed by atoms with Crippen molar-refractivity contribution in [2.45, 2.75) is 6.92 Å². The van der Waals surface area contributed by atoms with Crippen molar-refractivity contribution in [1.82, 2.24) is 4.98 Å². The van der Waals surface area contributed by atoms with Crippen molar-refractivity contribution in [3.05, 3.63) is 64.0 Å². The van der Waals surface area contributed by atoms with E-state index in [2.05, 4.69) is 10.3 Å².